The molecule has 5 heteroatoms. The number of methoxy groups -OCH3 is 1. The van der Waals surface area contributed by atoms with Gasteiger partial charge >= 0.3 is 0 Å². The number of ether oxygens (including phenoxy) is 1. The first-order valence-electron chi connectivity index (χ1n) is 9.61. The highest BCUT2D eigenvalue weighted by Gasteiger charge is 2.16. The molecule has 154 valence electrons. The van der Waals surface area contributed by atoms with E-state index in [1.807, 2.05) is 36.4 Å². The molecule has 3 aromatic rings. The number of hydrogen-bond donors (Lipinski definition) is 1. The summed E-state index contributed by atoms with van der Waals surface area (Å²) in [5.74, 6) is 0.825. The topological polar surface area (TPSA) is 41.6 Å². The van der Waals surface area contributed by atoms with Gasteiger partial charge in [0.15, 0.2) is 0 Å². The van der Waals surface area contributed by atoms with Crippen LogP contribution in [0.3, 0.4) is 0 Å². The molecule has 4 nitrogen and oxygen atoms in total. The Morgan fingerprint density at radius 3 is 2.34 bits per heavy atom. The molecule has 0 saturated heterocycles. The second-order valence-corrected chi connectivity index (χ2v) is 7.34. The van der Waals surface area contributed by atoms with Crippen LogP contribution in [-0.4, -0.2) is 38.6 Å². The molecule has 0 aliphatic carbocycles. The fourth-order valence-electron chi connectivity index (χ4n) is 3.31. The van der Waals surface area contributed by atoms with Gasteiger partial charge in [-0.1, -0.05) is 48.5 Å². The van der Waals surface area contributed by atoms with Crippen LogP contribution in [0.1, 0.15) is 23.6 Å². The first-order valence-corrected chi connectivity index (χ1v) is 9.61. The van der Waals surface area contributed by atoms with E-state index in [4.69, 9.17) is 4.74 Å². The Morgan fingerprint density at radius 1 is 1.00 bits per heavy atom. The third-order valence-corrected chi connectivity index (χ3v) is 4.90. The summed E-state index contributed by atoms with van der Waals surface area (Å²) >= 11 is 0. The van der Waals surface area contributed by atoms with Crippen molar-refractivity contribution in [1.29, 1.82) is 0 Å². The van der Waals surface area contributed by atoms with Gasteiger partial charge in [-0.25, -0.2) is 0 Å². The minimum absolute atomic E-state index is 0. The molecule has 3 rings (SSSR count). The molecule has 1 unspecified atom stereocenters. The van der Waals surface area contributed by atoms with Crippen molar-refractivity contribution in [3.05, 3.63) is 77.9 Å². The summed E-state index contributed by atoms with van der Waals surface area (Å²) in [6, 6.07) is 22.4. The standard InChI is InChI=1S/C24H28N2O2.ClH/c1-26(2)15-14-23(21-11-10-19-6-4-5-7-20(19)17-21)25-24(27)16-18-8-12-22(28-3)13-9-18;/h4-13,17,23H,14-16H2,1-3H3,(H,25,27);1H. The lowest BCUT2D eigenvalue weighted by atomic mass is 9.99. The lowest BCUT2D eigenvalue weighted by Gasteiger charge is -2.22. The smallest absolute Gasteiger partial charge is 0.224 e. The summed E-state index contributed by atoms with van der Waals surface area (Å²) in [7, 11) is 5.74. The van der Waals surface area contributed by atoms with Crippen LogP contribution in [0.2, 0.25) is 0 Å². The van der Waals surface area contributed by atoms with Gasteiger partial charge in [0.2, 0.25) is 5.91 Å². The Labute approximate surface area is 179 Å². The van der Waals surface area contributed by atoms with Gasteiger partial charge in [-0.05, 0) is 67.2 Å². The van der Waals surface area contributed by atoms with Gasteiger partial charge in [0.05, 0.1) is 19.6 Å². The molecule has 0 radical (unpaired) electrons. The van der Waals surface area contributed by atoms with E-state index in [-0.39, 0.29) is 24.4 Å². The molecule has 0 aliphatic rings. The molecular formula is C24H29ClN2O2. The van der Waals surface area contributed by atoms with Crippen LogP contribution >= 0.6 is 12.4 Å². The molecule has 0 bridgehead atoms. The van der Waals surface area contributed by atoms with Crippen molar-refractivity contribution in [2.75, 3.05) is 27.7 Å². The highest BCUT2D eigenvalue weighted by atomic mass is 35.5. The third kappa shape index (κ3) is 6.48. The van der Waals surface area contributed by atoms with Gasteiger partial charge in [0.1, 0.15) is 5.75 Å². The first kappa shape index (κ1) is 22.7. The van der Waals surface area contributed by atoms with Crippen molar-refractivity contribution < 1.29 is 9.53 Å². The SMILES string of the molecule is COc1ccc(CC(=O)NC(CCN(C)C)c2ccc3ccccc3c2)cc1.Cl. The van der Waals surface area contributed by atoms with Gasteiger partial charge in [0.25, 0.3) is 0 Å². The molecule has 29 heavy (non-hydrogen) atoms. The first-order chi connectivity index (χ1) is 13.5. The van der Waals surface area contributed by atoms with Crippen molar-refractivity contribution in [3.63, 3.8) is 0 Å². The van der Waals surface area contributed by atoms with Crippen molar-refractivity contribution in [2.24, 2.45) is 0 Å². The van der Waals surface area contributed by atoms with E-state index in [2.05, 4.69) is 54.6 Å². The number of rotatable bonds is 8. The van der Waals surface area contributed by atoms with Crippen LogP contribution < -0.4 is 10.1 Å². The number of hydrogen-bond acceptors (Lipinski definition) is 3. The van der Waals surface area contributed by atoms with E-state index in [0.717, 1.165) is 29.8 Å². The number of halogens is 1. The Hall–Kier alpha value is -2.56. The number of amides is 1. The van der Waals surface area contributed by atoms with Gasteiger partial charge in [-0.15, -0.1) is 12.4 Å². The quantitative estimate of drug-likeness (QED) is 0.586. The van der Waals surface area contributed by atoms with E-state index < -0.39 is 0 Å². The normalized spacial score (nSPS) is 11.7. The summed E-state index contributed by atoms with van der Waals surface area (Å²) in [4.78, 5) is 14.8. The summed E-state index contributed by atoms with van der Waals surface area (Å²) in [5.41, 5.74) is 2.12. The molecule has 0 fully saturated rings. The Kier molecular flexibility index (Phi) is 8.50. The summed E-state index contributed by atoms with van der Waals surface area (Å²) in [6.45, 7) is 0.903. The van der Waals surface area contributed by atoms with Crippen LogP contribution in [0.25, 0.3) is 10.8 Å². The maximum atomic E-state index is 12.7. The number of benzene rings is 3. The second kappa shape index (κ2) is 10.8. The van der Waals surface area contributed by atoms with Crippen molar-refractivity contribution in [2.45, 2.75) is 18.9 Å². The van der Waals surface area contributed by atoms with Crippen LogP contribution in [0.15, 0.2) is 66.7 Å². The molecule has 3 aromatic carbocycles. The predicted octanol–water partition coefficient (Wildman–Crippen LogP) is 4.62. The Morgan fingerprint density at radius 2 is 1.69 bits per heavy atom. The van der Waals surface area contributed by atoms with Crippen molar-refractivity contribution in [3.8, 4) is 5.75 Å². The number of carbonyl (C=O) groups excluding carboxylic acids is 1. The summed E-state index contributed by atoms with van der Waals surface area (Å²) in [5, 5.41) is 5.64. The lowest BCUT2D eigenvalue weighted by Crippen LogP contribution is -2.32. The van der Waals surface area contributed by atoms with Gasteiger partial charge < -0.3 is 15.0 Å². The Bertz CT molecular complexity index is 926. The largest absolute Gasteiger partial charge is 0.497 e. The highest BCUT2D eigenvalue weighted by Crippen LogP contribution is 2.23. The van der Waals surface area contributed by atoms with Crippen molar-refractivity contribution >= 4 is 29.1 Å². The maximum absolute atomic E-state index is 12.7. The monoisotopic (exact) mass is 412 g/mol. The van der Waals surface area contributed by atoms with Gasteiger partial charge in [-0.2, -0.15) is 0 Å². The minimum Gasteiger partial charge on any atom is -0.497 e. The van der Waals surface area contributed by atoms with Crippen LogP contribution in [0, 0.1) is 0 Å². The number of nitrogens with one attached hydrogen (secondary N) is 1. The van der Waals surface area contributed by atoms with Crippen molar-refractivity contribution in [1.82, 2.24) is 10.2 Å². The van der Waals surface area contributed by atoms with E-state index >= 15 is 0 Å². The number of carbonyl (C=O) groups is 1. The fourth-order valence-corrected chi connectivity index (χ4v) is 3.31. The average molecular weight is 413 g/mol. The number of nitrogens with zero attached hydrogens (tertiary/aromatic N) is 1. The lowest BCUT2D eigenvalue weighted by molar-refractivity contribution is -0.121. The zero-order chi connectivity index (χ0) is 19.9. The number of fused-ring (bicyclic) bond motifs is 1. The predicted molar refractivity (Wildman–Crippen MR) is 122 cm³/mol. The van der Waals surface area contributed by atoms with E-state index in [1.54, 1.807) is 7.11 Å². The molecule has 0 saturated carbocycles. The molecule has 0 heterocycles. The van der Waals surface area contributed by atoms with Gasteiger partial charge in [-0.3, -0.25) is 4.79 Å². The second-order valence-electron chi connectivity index (χ2n) is 7.34. The summed E-state index contributed by atoms with van der Waals surface area (Å²) < 4.78 is 5.18. The van der Waals surface area contributed by atoms with Gasteiger partial charge in [0, 0.05) is 0 Å². The molecule has 1 atom stereocenters. The summed E-state index contributed by atoms with van der Waals surface area (Å²) in [6.07, 6.45) is 1.22. The minimum atomic E-state index is -0.0160. The van der Waals surface area contributed by atoms with E-state index in [9.17, 15) is 4.79 Å². The van der Waals surface area contributed by atoms with Crippen LogP contribution in [0.5, 0.6) is 5.75 Å². The van der Waals surface area contributed by atoms with E-state index in [0.29, 0.717) is 6.42 Å². The molecule has 0 aromatic heterocycles. The highest BCUT2D eigenvalue weighted by molar-refractivity contribution is 5.85. The van der Waals surface area contributed by atoms with Crippen LogP contribution in [0.4, 0.5) is 0 Å². The van der Waals surface area contributed by atoms with Crippen LogP contribution in [-0.2, 0) is 11.2 Å². The molecule has 1 N–H and O–H groups in total. The zero-order valence-electron chi connectivity index (χ0n) is 17.2. The Balaban J connectivity index is 0.00000300. The molecular weight excluding hydrogens is 384 g/mol. The average Bonchev–Trinajstić information content (AvgIpc) is 2.71. The third-order valence-electron chi connectivity index (χ3n) is 4.90. The molecule has 0 spiro atoms. The molecule has 1 amide bonds. The van der Waals surface area contributed by atoms with E-state index in [1.165, 1.54) is 10.8 Å². The molecule has 0 aliphatic heterocycles. The maximum Gasteiger partial charge on any atom is 0.224 e. The zero-order valence-corrected chi connectivity index (χ0v) is 18.0. The fraction of sp³-hybridized carbons (Fsp3) is 0.292.